The smallest absolute Gasteiger partial charge is 0.230 e. The van der Waals surface area contributed by atoms with Crippen molar-refractivity contribution in [1.29, 1.82) is 0 Å². The average molecular weight is 323 g/mol. The van der Waals surface area contributed by atoms with Crippen LogP contribution in [0.5, 0.6) is 5.88 Å². The number of nitrogens with zero attached hydrogens (tertiary/aromatic N) is 3. The van der Waals surface area contributed by atoms with Crippen molar-refractivity contribution >= 4 is 10.9 Å². The maximum Gasteiger partial charge on any atom is 0.230 e. The van der Waals surface area contributed by atoms with Gasteiger partial charge in [0.05, 0.1) is 18.2 Å². The van der Waals surface area contributed by atoms with Crippen LogP contribution >= 0.6 is 0 Å². The molecule has 1 aliphatic carbocycles. The molecule has 0 spiro atoms. The van der Waals surface area contributed by atoms with E-state index in [0.29, 0.717) is 17.6 Å². The van der Waals surface area contributed by atoms with E-state index >= 15 is 0 Å². The number of methoxy groups -OCH3 is 1. The molecule has 0 unspecified atom stereocenters. The second kappa shape index (κ2) is 6.23. The monoisotopic (exact) mass is 323 g/mol. The van der Waals surface area contributed by atoms with Crippen molar-refractivity contribution in [2.45, 2.75) is 44.9 Å². The number of aryl methyl sites for hydroxylation is 1. The minimum atomic E-state index is 0.390. The Bertz CT molecular complexity index is 866. The third-order valence-corrected chi connectivity index (χ3v) is 4.84. The van der Waals surface area contributed by atoms with Gasteiger partial charge >= 0.3 is 0 Å². The Morgan fingerprint density at radius 1 is 1.12 bits per heavy atom. The molecule has 24 heavy (non-hydrogen) atoms. The largest absolute Gasteiger partial charge is 0.480 e. The number of benzene rings is 1. The number of para-hydroxylation sites is 1. The van der Waals surface area contributed by atoms with Crippen molar-refractivity contribution < 1.29 is 9.26 Å². The van der Waals surface area contributed by atoms with Crippen LogP contribution in [-0.2, 0) is 0 Å². The van der Waals surface area contributed by atoms with E-state index in [2.05, 4.69) is 15.1 Å². The summed E-state index contributed by atoms with van der Waals surface area (Å²) in [5.41, 5.74) is 2.84. The van der Waals surface area contributed by atoms with Gasteiger partial charge < -0.3 is 9.26 Å². The Morgan fingerprint density at radius 3 is 2.75 bits per heavy atom. The third-order valence-electron chi connectivity index (χ3n) is 4.84. The molecule has 3 aromatic rings. The number of rotatable bonds is 3. The fourth-order valence-corrected chi connectivity index (χ4v) is 3.51. The van der Waals surface area contributed by atoms with Crippen LogP contribution in [0.2, 0.25) is 0 Å². The molecule has 5 nitrogen and oxygen atoms in total. The molecule has 0 bridgehead atoms. The number of ether oxygens (including phenoxy) is 1. The molecular formula is C19H21N3O2. The Balaban J connectivity index is 1.77. The molecule has 1 saturated carbocycles. The first-order valence-corrected chi connectivity index (χ1v) is 8.54. The summed E-state index contributed by atoms with van der Waals surface area (Å²) in [6.45, 7) is 2.05. The Morgan fingerprint density at radius 2 is 1.96 bits per heavy atom. The van der Waals surface area contributed by atoms with Gasteiger partial charge in [-0.2, -0.15) is 4.98 Å². The van der Waals surface area contributed by atoms with Crippen LogP contribution < -0.4 is 4.74 Å². The summed E-state index contributed by atoms with van der Waals surface area (Å²) in [6.07, 6.45) is 6.05. The number of aromatic nitrogens is 3. The van der Waals surface area contributed by atoms with Crippen LogP contribution in [0.4, 0.5) is 0 Å². The van der Waals surface area contributed by atoms with Crippen LogP contribution in [0.25, 0.3) is 22.3 Å². The van der Waals surface area contributed by atoms with Crippen molar-refractivity contribution in [2.24, 2.45) is 0 Å². The van der Waals surface area contributed by atoms with E-state index < -0.39 is 0 Å². The maximum atomic E-state index is 5.55. The molecule has 1 aliphatic rings. The second-order valence-corrected chi connectivity index (χ2v) is 6.48. The van der Waals surface area contributed by atoms with Gasteiger partial charge in [-0.3, -0.25) is 0 Å². The lowest BCUT2D eigenvalue weighted by atomic mass is 9.89. The summed E-state index contributed by atoms with van der Waals surface area (Å²) in [6, 6.07) is 8.15. The van der Waals surface area contributed by atoms with E-state index in [4.69, 9.17) is 9.26 Å². The van der Waals surface area contributed by atoms with Crippen molar-refractivity contribution in [3.8, 4) is 17.3 Å². The summed E-state index contributed by atoms with van der Waals surface area (Å²) >= 11 is 0. The first-order valence-electron chi connectivity index (χ1n) is 8.54. The van der Waals surface area contributed by atoms with Gasteiger partial charge in [-0.15, -0.1) is 0 Å². The third kappa shape index (κ3) is 2.64. The van der Waals surface area contributed by atoms with E-state index in [0.717, 1.165) is 40.8 Å². The van der Waals surface area contributed by atoms with Crippen LogP contribution in [0.15, 0.2) is 28.8 Å². The zero-order valence-electron chi connectivity index (χ0n) is 14.1. The van der Waals surface area contributed by atoms with E-state index in [9.17, 15) is 0 Å². The Kier molecular flexibility index (Phi) is 3.92. The SMILES string of the molecule is COc1nc2c(C)cccc2cc1-c1noc(C2CCCCC2)n1. The molecule has 5 heteroatoms. The molecule has 4 rings (SSSR count). The van der Waals surface area contributed by atoms with E-state index in [1.807, 2.05) is 31.2 Å². The van der Waals surface area contributed by atoms with E-state index in [1.165, 1.54) is 19.3 Å². The molecular weight excluding hydrogens is 302 g/mol. The highest BCUT2D eigenvalue weighted by Crippen LogP contribution is 2.35. The van der Waals surface area contributed by atoms with Crippen LogP contribution in [0.1, 0.15) is 49.5 Å². The van der Waals surface area contributed by atoms with Crippen molar-refractivity contribution in [2.75, 3.05) is 7.11 Å². The van der Waals surface area contributed by atoms with Crippen LogP contribution in [0.3, 0.4) is 0 Å². The summed E-state index contributed by atoms with van der Waals surface area (Å²) < 4.78 is 11.0. The lowest BCUT2D eigenvalue weighted by Crippen LogP contribution is -2.04. The molecule has 0 atom stereocenters. The van der Waals surface area contributed by atoms with Crippen LogP contribution in [0, 0.1) is 6.92 Å². The van der Waals surface area contributed by atoms with Gasteiger partial charge in [0.15, 0.2) is 0 Å². The minimum absolute atomic E-state index is 0.390. The van der Waals surface area contributed by atoms with E-state index in [-0.39, 0.29) is 0 Å². The summed E-state index contributed by atoms with van der Waals surface area (Å²) in [7, 11) is 1.62. The molecule has 1 aromatic carbocycles. The fourth-order valence-electron chi connectivity index (χ4n) is 3.51. The minimum Gasteiger partial charge on any atom is -0.480 e. The highest BCUT2D eigenvalue weighted by atomic mass is 16.5. The van der Waals surface area contributed by atoms with Crippen molar-refractivity contribution in [3.63, 3.8) is 0 Å². The lowest BCUT2D eigenvalue weighted by molar-refractivity contribution is 0.314. The number of hydrogen-bond donors (Lipinski definition) is 0. The average Bonchev–Trinajstić information content (AvgIpc) is 3.12. The molecule has 2 heterocycles. The number of hydrogen-bond acceptors (Lipinski definition) is 5. The molecule has 0 amide bonds. The topological polar surface area (TPSA) is 61.0 Å². The Hall–Kier alpha value is -2.43. The molecule has 0 radical (unpaired) electrons. The highest BCUT2D eigenvalue weighted by molar-refractivity contribution is 5.87. The molecule has 0 aliphatic heterocycles. The zero-order valence-corrected chi connectivity index (χ0v) is 14.1. The summed E-state index contributed by atoms with van der Waals surface area (Å²) in [5, 5.41) is 5.24. The second-order valence-electron chi connectivity index (χ2n) is 6.48. The Labute approximate surface area is 141 Å². The zero-order chi connectivity index (χ0) is 16.5. The van der Waals surface area contributed by atoms with Gasteiger partial charge in [-0.1, -0.05) is 42.6 Å². The molecule has 124 valence electrons. The fraction of sp³-hybridized carbons (Fsp3) is 0.421. The number of pyridine rings is 1. The maximum absolute atomic E-state index is 5.55. The quantitative estimate of drug-likeness (QED) is 0.702. The molecule has 0 saturated heterocycles. The van der Waals surface area contributed by atoms with Gasteiger partial charge in [0.2, 0.25) is 17.6 Å². The van der Waals surface area contributed by atoms with Crippen molar-refractivity contribution in [3.05, 3.63) is 35.7 Å². The number of fused-ring (bicyclic) bond motifs is 1. The summed E-state index contributed by atoms with van der Waals surface area (Å²) in [4.78, 5) is 9.29. The molecule has 0 N–H and O–H groups in total. The lowest BCUT2D eigenvalue weighted by Gasteiger charge is -2.17. The normalized spacial score (nSPS) is 15.8. The predicted octanol–water partition coefficient (Wildman–Crippen LogP) is 4.65. The summed E-state index contributed by atoms with van der Waals surface area (Å²) in [5.74, 6) is 2.23. The van der Waals surface area contributed by atoms with Gasteiger partial charge in [0.25, 0.3) is 0 Å². The van der Waals surface area contributed by atoms with Gasteiger partial charge in [-0.05, 0) is 31.4 Å². The first-order chi connectivity index (χ1) is 11.8. The molecule has 1 fully saturated rings. The van der Waals surface area contributed by atoms with Crippen molar-refractivity contribution in [1.82, 2.24) is 15.1 Å². The van der Waals surface area contributed by atoms with Gasteiger partial charge in [0.1, 0.15) is 0 Å². The predicted molar refractivity (Wildman–Crippen MR) is 92.2 cm³/mol. The van der Waals surface area contributed by atoms with Crippen LogP contribution in [-0.4, -0.2) is 22.2 Å². The first kappa shape index (κ1) is 15.1. The van der Waals surface area contributed by atoms with Gasteiger partial charge in [0, 0.05) is 11.3 Å². The van der Waals surface area contributed by atoms with E-state index in [1.54, 1.807) is 7.11 Å². The highest BCUT2D eigenvalue weighted by Gasteiger charge is 2.23. The van der Waals surface area contributed by atoms with Gasteiger partial charge in [-0.25, -0.2) is 4.98 Å². The molecule has 2 aromatic heterocycles. The standard InChI is InChI=1S/C19H21N3O2/c1-12-7-6-10-14-11-15(19(23-2)20-16(12)14)17-21-18(24-22-17)13-8-4-3-5-9-13/h6-7,10-11,13H,3-5,8-9H2,1-2H3.